The number of esters is 2. The fourth-order valence-corrected chi connectivity index (χ4v) is 2.12. The molecule has 0 saturated carbocycles. The Bertz CT molecular complexity index is 750. The second-order valence-corrected chi connectivity index (χ2v) is 4.98. The van der Waals surface area contributed by atoms with Crippen LogP contribution in [0.1, 0.15) is 27.4 Å². The second-order valence-electron chi connectivity index (χ2n) is 4.98. The van der Waals surface area contributed by atoms with Gasteiger partial charge in [0, 0.05) is 0 Å². The summed E-state index contributed by atoms with van der Waals surface area (Å²) in [6, 6.07) is 5.69. The van der Waals surface area contributed by atoms with Gasteiger partial charge in [0.15, 0.2) is 11.6 Å². The van der Waals surface area contributed by atoms with Gasteiger partial charge in [0.05, 0.1) is 20.6 Å². The van der Waals surface area contributed by atoms with Crippen molar-refractivity contribution in [1.29, 1.82) is 0 Å². The highest BCUT2D eigenvalue weighted by Gasteiger charge is 2.16. The van der Waals surface area contributed by atoms with E-state index in [1.54, 1.807) is 13.0 Å². The van der Waals surface area contributed by atoms with Crippen molar-refractivity contribution in [2.45, 2.75) is 20.0 Å². The van der Waals surface area contributed by atoms with Crippen LogP contribution in [-0.4, -0.2) is 26.2 Å². The fourth-order valence-electron chi connectivity index (χ4n) is 2.12. The maximum Gasteiger partial charge on any atom is 0.341 e. The minimum Gasteiger partial charge on any atom is -0.494 e. The Kier molecular flexibility index (Phi) is 5.57. The molecule has 7 heteroatoms. The first-order valence-electron chi connectivity index (χ1n) is 7.10. The summed E-state index contributed by atoms with van der Waals surface area (Å²) in [6.45, 7) is 1.48. The molecule has 0 saturated heterocycles. The molecule has 6 nitrogen and oxygen atoms in total. The first kappa shape index (κ1) is 17.5. The van der Waals surface area contributed by atoms with Gasteiger partial charge in [0.25, 0.3) is 0 Å². The zero-order valence-corrected chi connectivity index (χ0v) is 13.6. The normalized spacial score (nSPS) is 10.3. The van der Waals surface area contributed by atoms with Crippen LogP contribution in [0.5, 0.6) is 5.75 Å². The quantitative estimate of drug-likeness (QED) is 0.755. The van der Waals surface area contributed by atoms with E-state index in [1.807, 2.05) is 0 Å². The summed E-state index contributed by atoms with van der Waals surface area (Å²) in [5.41, 5.74) is 0.741. The molecule has 2 rings (SSSR count). The summed E-state index contributed by atoms with van der Waals surface area (Å²) in [7, 11) is 2.63. The van der Waals surface area contributed by atoms with Crippen LogP contribution in [0.3, 0.4) is 0 Å². The number of furan rings is 1. The van der Waals surface area contributed by atoms with E-state index in [9.17, 15) is 14.0 Å². The smallest absolute Gasteiger partial charge is 0.341 e. The number of hydrogen-bond donors (Lipinski definition) is 0. The Hall–Kier alpha value is -2.83. The number of aryl methyl sites for hydroxylation is 1. The van der Waals surface area contributed by atoms with Gasteiger partial charge in [-0.25, -0.2) is 9.18 Å². The summed E-state index contributed by atoms with van der Waals surface area (Å²) in [5, 5.41) is 0. The third-order valence-corrected chi connectivity index (χ3v) is 3.31. The molecule has 0 aliphatic rings. The number of methoxy groups -OCH3 is 2. The molecule has 2 aromatic rings. The second kappa shape index (κ2) is 7.63. The van der Waals surface area contributed by atoms with E-state index < -0.39 is 17.8 Å². The molecule has 0 aliphatic heterocycles. The highest BCUT2D eigenvalue weighted by Crippen LogP contribution is 2.19. The number of carbonyl (C=O) groups excluding carboxylic acids is 2. The number of carbonyl (C=O) groups is 2. The molecule has 0 fully saturated rings. The van der Waals surface area contributed by atoms with Crippen LogP contribution in [0.15, 0.2) is 28.7 Å². The number of rotatable bonds is 6. The molecular weight excluding hydrogens is 319 g/mol. The Morgan fingerprint density at radius 3 is 2.58 bits per heavy atom. The number of ether oxygens (including phenoxy) is 3. The molecule has 1 heterocycles. The van der Waals surface area contributed by atoms with Gasteiger partial charge in [-0.15, -0.1) is 0 Å². The van der Waals surface area contributed by atoms with Crippen LogP contribution >= 0.6 is 0 Å². The van der Waals surface area contributed by atoms with Gasteiger partial charge in [-0.2, -0.15) is 0 Å². The summed E-state index contributed by atoms with van der Waals surface area (Å²) in [5.74, 6) is -0.816. The van der Waals surface area contributed by atoms with E-state index in [4.69, 9.17) is 13.9 Å². The van der Waals surface area contributed by atoms with Crippen molar-refractivity contribution in [2.24, 2.45) is 0 Å². The molecule has 0 radical (unpaired) electrons. The summed E-state index contributed by atoms with van der Waals surface area (Å²) < 4.78 is 33.4. The van der Waals surface area contributed by atoms with Gasteiger partial charge in [0.1, 0.15) is 23.7 Å². The number of halogens is 1. The Balaban J connectivity index is 1.94. The number of benzene rings is 1. The molecule has 0 aliphatic carbocycles. The third kappa shape index (κ3) is 4.13. The summed E-state index contributed by atoms with van der Waals surface area (Å²) >= 11 is 0. The van der Waals surface area contributed by atoms with Crippen molar-refractivity contribution in [3.63, 3.8) is 0 Å². The topological polar surface area (TPSA) is 75.0 Å². The molecule has 0 spiro atoms. The van der Waals surface area contributed by atoms with E-state index >= 15 is 0 Å². The minimum atomic E-state index is -0.549. The lowest BCUT2D eigenvalue weighted by atomic mass is 10.1. The zero-order chi connectivity index (χ0) is 17.7. The molecule has 0 unspecified atom stereocenters. The SMILES string of the molecule is COC(=O)c1cc(COC(=O)Cc2ccc(OC)c(F)c2)oc1C. The first-order chi connectivity index (χ1) is 11.4. The first-order valence-corrected chi connectivity index (χ1v) is 7.10. The van der Waals surface area contributed by atoms with Gasteiger partial charge in [-0.05, 0) is 30.7 Å². The maximum atomic E-state index is 13.6. The molecular formula is C17H17FO6. The number of hydrogen-bond acceptors (Lipinski definition) is 6. The van der Waals surface area contributed by atoms with Gasteiger partial charge in [0.2, 0.25) is 0 Å². The van der Waals surface area contributed by atoms with Crippen molar-refractivity contribution >= 4 is 11.9 Å². The standard InChI is InChI=1S/C17H17FO6/c1-10-13(17(20)22-3)8-12(24-10)9-23-16(19)7-11-4-5-15(21-2)14(18)6-11/h4-6,8H,7,9H2,1-3H3. The highest BCUT2D eigenvalue weighted by molar-refractivity contribution is 5.90. The van der Waals surface area contributed by atoms with Crippen molar-refractivity contribution in [1.82, 2.24) is 0 Å². The predicted molar refractivity (Wildman–Crippen MR) is 81.2 cm³/mol. The highest BCUT2D eigenvalue weighted by atomic mass is 19.1. The third-order valence-electron chi connectivity index (χ3n) is 3.31. The van der Waals surface area contributed by atoms with Gasteiger partial charge >= 0.3 is 11.9 Å². The Morgan fingerprint density at radius 1 is 1.21 bits per heavy atom. The fraction of sp³-hybridized carbons (Fsp3) is 0.294. The van der Waals surface area contributed by atoms with Crippen LogP contribution in [-0.2, 0) is 27.3 Å². The molecule has 0 atom stereocenters. The van der Waals surface area contributed by atoms with Gasteiger partial charge in [-0.1, -0.05) is 6.07 Å². The molecule has 0 bridgehead atoms. The lowest BCUT2D eigenvalue weighted by molar-refractivity contribution is -0.144. The van der Waals surface area contributed by atoms with Gasteiger partial charge < -0.3 is 18.6 Å². The van der Waals surface area contributed by atoms with Crippen LogP contribution in [0, 0.1) is 12.7 Å². The van der Waals surface area contributed by atoms with E-state index in [0.717, 1.165) is 0 Å². The van der Waals surface area contributed by atoms with E-state index in [1.165, 1.54) is 32.4 Å². The van der Waals surface area contributed by atoms with Crippen molar-refractivity contribution in [2.75, 3.05) is 14.2 Å². The largest absolute Gasteiger partial charge is 0.494 e. The molecule has 0 N–H and O–H groups in total. The van der Waals surface area contributed by atoms with Crippen LogP contribution < -0.4 is 4.74 Å². The van der Waals surface area contributed by atoms with Crippen molar-refractivity contribution in [3.05, 3.63) is 52.7 Å². The molecule has 128 valence electrons. The minimum absolute atomic E-state index is 0.0928. The molecule has 1 aromatic heterocycles. The van der Waals surface area contributed by atoms with E-state index in [0.29, 0.717) is 17.1 Å². The van der Waals surface area contributed by atoms with Crippen LogP contribution in [0.4, 0.5) is 4.39 Å². The van der Waals surface area contributed by atoms with Crippen molar-refractivity contribution in [3.8, 4) is 5.75 Å². The zero-order valence-electron chi connectivity index (χ0n) is 13.6. The van der Waals surface area contributed by atoms with Crippen molar-refractivity contribution < 1.29 is 32.6 Å². The monoisotopic (exact) mass is 336 g/mol. The Labute approximate surface area is 138 Å². The van der Waals surface area contributed by atoms with E-state index in [-0.39, 0.29) is 24.3 Å². The predicted octanol–water partition coefficient (Wildman–Crippen LogP) is 2.81. The van der Waals surface area contributed by atoms with Gasteiger partial charge in [-0.3, -0.25) is 4.79 Å². The molecule has 1 aromatic carbocycles. The van der Waals surface area contributed by atoms with Crippen LogP contribution in [0.25, 0.3) is 0 Å². The lowest BCUT2D eigenvalue weighted by Crippen LogP contribution is -2.08. The molecule has 0 amide bonds. The van der Waals surface area contributed by atoms with Crippen LogP contribution in [0.2, 0.25) is 0 Å². The summed E-state index contributed by atoms with van der Waals surface area (Å²) in [6.07, 6.45) is -0.0928. The average molecular weight is 336 g/mol. The average Bonchev–Trinajstić information content (AvgIpc) is 2.93. The lowest BCUT2D eigenvalue weighted by Gasteiger charge is -2.05. The summed E-state index contributed by atoms with van der Waals surface area (Å²) in [4.78, 5) is 23.3. The molecule has 24 heavy (non-hydrogen) atoms. The van der Waals surface area contributed by atoms with E-state index in [2.05, 4.69) is 4.74 Å². The maximum absolute atomic E-state index is 13.6. The Morgan fingerprint density at radius 2 is 1.96 bits per heavy atom.